The Kier molecular flexibility index (Phi) is 6.16. The van der Waals surface area contributed by atoms with Gasteiger partial charge in [0.15, 0.2) is 12.0 Å². The number of pyridine rings is 1. The molecular formula is C25H19F2N7O. The van der Waals surface area contributed by atoms with Gasteiger partial charge in [-0.05, 0) is 48.9 Å². The van der Waals surface area contributed by atoms with Gasteiger partial charge in [0.05, 0.1) is 5.69 Å². The maximum atomic E-state index is 12.5. The number of aliphatic imine (C=N–C) groups is 1. The molecule has 5 rings (SSSR count). The van der Waals surface area contributed by atoms with Crippen LogP contribution in [0.25, 0.3) is 11.3 Å². The molecule has 3 heterocycles. The van der Waals surface area contributed by atoms with Crippen molar-refractivity contribution in [3.63, 3.8) is 0 Å². The summed E-state index contributed by atoms with van der Waals surface area (Å²) in [4.78, 5) is 17.6. The van der Waals surface area contributed by atoms with Crippen LogP contribution in [0.2, 0.25) is 0 Å². The van der Waals surface area contributed by atoms with Crippen molar-refractivity contribution in [1.82, 2.24) is 15.0 Å². The van der Waals surface area contributed by atoms with Crippen LogP contribution >= 0.6 is 0 Å². The number of rotatable bonds is 7. The van der Waals surface area contributed by atoms with Crippen LogP contribution in [0.1, 0.15) is 22.9 Å². The maximum Gasteiger partial charge on any atom is 0.387 e. The van der Waals surface area contributed by atoms with Crippen LogP contribution in [-0.2, 0) is 0 Å². The fourth-order valence-electron chi connectivity index (χ4n) is 3.51. The van der Waals surface area contributed by atoms with Crippen molar-refractivity contribution in [3.8, 4) is 17.0 Å². The number of ether oxygens (including phenoxy) is 1. The molecule has 35 heavy (non-hydrogen) atoms. The van der Waals surface area contributed by atoms with E-state index in [0.717, 1.165) is 28.1 Å². The Morgan fingerprint density at radius 3 is 2.69 bits per heavy atom. The predicted molar refractivity (Wildman–Crippen MR) is 127 cm³/mol. The normalized spacial score (nSPS) is 14.7. The number of alkyl halides is 2. The molecule has 1 aliphatic rings. The number of anilines is 2. The zero-order valence-corrected chi connectivity index (χ0v) is 18.5. The molecule has 0 fully saturated rings. The average molecular weight is 471 g/mol. The highest BCUT2D eigenvalue weighted by Gasteiger charge is 2.19. The van der Waals surface area contributed by atoms with Crippen molar-refractivity contribution in [2.45, 2.75) is 19.7 Å². The lowest BCUT2D eigenvalue weighted by Crippen LogP contribution is -2.03. The zero-order chi connectivity index (χ0) is 24.2. The summed E-state index contributed by atoms with van der Waals surface area (Å²) in [5.41, 5.74) is 4.78. The van der Waals surface area contributed by atoms with E-state index in [0.29, 0.717) is 17.3 Å². The number of azo groups is 1. The Hall–Kier alpha value is -4.60. The lowest BCUT2D eigenvalue weighted by molar-refractivity contribution is -0.0498. The van der Waals surface area contributed by atoms with Crippen molar-refractivity contribution in [1.29, 1.82) is 0 Å². The first-order chi connectivity index (χ1) is 17.0. The average Bonchev–Trinajstić information content (AvgIpc) is 3.36. The highest BCUT2D eigenvalue weighted by atomic mass is 19.3. The monoisotopic (exact) mass is 471 g/mol. The molecule has 0 aliphatic carbocycles. The van der Waals surface area contributed by atoms with Crippen molar-refractivity contribution in [2.75, 3.05) is 5.32 Å². The fraction of sp³-hybridized carbons (Fsp3) is 0.120. The SMILES string of the molecule is Cc1ccc(C2N=NC(c3cccc(OC(F)F)c3)=N2)cc1Nc1nccc(-c2cccnc2)n1. The van der Waals surface area contributed by atoms with Gasteiger partial charge >= 0.3 is 6.61 Å². The molecule has 2 aromatic carbocycles. The van der Waals surface area contributed by atoms with Crippen LogP contribution in [0.3, 0.4) is 0 Å². The van der Waals surface area contributed by atoms with Crippen LogP contribution in [-0.4, -0.2) is 27.4 Å². The van der Waals surface area contributed by atoms with Gasteiger partial charge in [-0.15, -0.1) is 5.11 Å². The number of benzene rings is 2. The number of hydrogen-bond acceptors (Lipinski definition) is 8. The highest BCUT2D eigenvalue weighted by Crippen LogP contribution is 2.31. The zero-order valence-electron chi connectivity index (χ0n) is 18.5. The fourth-order valence-corrected chi connectivity index (χ4v) is 3.51. The standard InChI is InChI=1S/C25H19F2N7O/c1-15-7-8-17(23-32-22(33-34-23)16-4-2-6-19(12-16)35-24(26)27)13-21(15)31-25-29-11-9-20(30-25)18-5-3-10-28-14-18/h2-14,23-24H,1H3,(H,29,30,31). The van der Waals surface area contributed by atoms with Gasteiger partial charge in [-0.3, -0.25) is 4.98 Å². The molecule has 0 radical (unpaired) electrons. The lowest BCUT2D eigenvalue weighted by atomic mass is 10.1. The van der Waals surface area contributed by atoms with Gasteiger partial charge in [0.1, 0.15) is 5.75 Å². The van der Waals surface area contributed by atoms with E-state index in [1.807, 2.05) is 43.3 Å². The second-order valence-electron chi connectivity index (χ2n) is 7.65. The van der Waals surface area contributed by atoms with Gasteiger partial charge in [-0.1, -0.05) is 24.3 Å². The molecule has 0 bridgehead atoms. The first-order valence-corrected chi connectivity index (χ1v) is 10.7. The quantitative estimate of drug-likeness (QED) is 0.351. The Balaban J connectivity index is 1.37. The maximum absolute atomic E-state index is 12.5. The molecule has 1 atom stereocenters. The molecular weight excluding hydrogens is 452 g/mol. The first kappa shape index (κ1) is 22.2. The molecule has 1 unspecified atom stereocenters. The van der Waals surface area contributed by atoms with E-state index >= 15 is 0 Å². The van der Waals surface area contributed by atoms with Crippen LogP contribution in [0.4, 0.5) is 20.4 Å². The van der Waals surface area contributed by atoms with E-state index in [-0.39, 0.29) is 5.75 Å². The van der Waals surface area contributed by atoms with Crippen LogP contribution < -0.4 is 10.1 Å². The minimum absolute atomic E-state index is 0.0363. The predicted octanol–water partition coefficient (Wildman–Crippen LogP) is 6.10. The summed E-state index contributed by atoms with van der Waals surface area (Å²) in [5.74, 6) is 0.825. The third-order valence-corrected chi connectivity index (χ3v) is 5.24. The van der Waals surface area contributed by atoms with Gasteiger partial charge < -0.3 is 10.1 Å². The van der Waals surface area contributed by atoms with Gasteiger partial charge in [-0.2, -0.15) is 13.9 Å². The number of aryl methyl sites for hydroxylation is 1. The largest absolute Gasteiger partial charge is 0.435 e. The van der Waals surface area contributed by atoms with Crippen molar-refractivity contribution >= 4 is 17.5 Å². The van der Waals surface area contributed by atoms with Gasteiger partial charge in [0, 0.05) is 41.0 Å². The molecule has 0 saturated carbocycles. The Labute approximate surface area is 199 Å². The number of halogens is 2. The molecule has 0 saturated heterocycles. The molecule has 1 N–H and O–H groups in total. The molecule has 0 spiro atoms. The summed E-state index contributed by atoms with van der Waals surface area (Å²) in [5, 5.41) is 11.7. The minimum Gasteiger partial charge on any atom is -0.435 e. The number of nitrogens with zero attached hydrogens (tertiary/aromatic N) is 6. The highest BCUT2D eigenvalue weighted by molar-refractivity contribution is 6.00. The molecule has 1 aliphatic heterocycles. The van der Waals surface area contributed by atoms with E-state index in [2.05, 4.69) is 40.2 Å². The first-order valence-electron chi connectivity index (χ1n) is 10.7. The Morgan fingerprint density at radius 2 is 1.86 bits per heavy atom. The molecule has 174 valence electrons. The van der Waals surface area contributed by atoms with Gasteiger partial charge in [-0.25, -0.2) is 15.0 Å². The lowest BCUT2D eigenvalue weighted by Gasteiger charge is -2.12. The third kappa shape index (κ3) is 5.16. The van der Waals surface area contributed by atoms with Crippen molar-refractivity contribution in [3.05, 3.63) is 95.9 Å². The molecule has 2 aromatic heterocycles. The second-order valence-corrected chi connectivity index (χ2v) is 7.65. The van der Waals surface area contributed by atoms with E-state index in [4.69, 9.17) is 0 Å². The van der Waals surface area contributed by atoms with Gasteiger partial charge in [0.2, 0.25) is 5.95 Å². The van der Waals surface area contributed by atoms with Crippen molar-refractivity contribution < 1.29 is 13.5 Å². The van der Waals surface area contributed by atoms with E-state index in [1.54, 1.807) is 30.7 Å². The summed E-state index contributed by atoms with van der Waals surface area (Å²) < 4.78 is 29.5. The topological polar surface area (TPSA) is 97.0 Å². The molecule has 4 aromatic rings. The third-order valence-electron chi connectivity index (χ3n) is 5.24. The Morgan fingerprint density at radius 1 is 0.971 bits per heavy atom. The summed E-state index contributed by atoms with van der Waals surface area (Å²) in [7, 11) is 0. The summed E-state index contributed by atoms with van der Waals surface area (Å²) in [6.07, 6.45) is 4.58. The number of amidine groups is 1. The van der Waals surface area contributed by atoms with Crippen LogP contribution in [0, 0.1) is 6.92 Å². The molecule has 10 heteroatoms. The Bertz CT molecular complexity index is 1410. The smallest absolute Gasteiger partial charge is 0.387 e. The number of hydrogen-bond donors (Lipinski definition) is 1. The summed E-state index contributed by atoms with van der Waals surface area (Å²) in [6, 6.07) is 17.6. The molecule has 8 nitrogen and oxygen atoms in total. The van der Waals surface area contributed by atoms with E-state index in [9.17, 15) is 8.78 Å². The van der Waals surface area contributed by atoms with Gasteiger partial charge in [0.25, 0.3) is 0 Å². The van der Waals surface area contributed by atoms with Crippen LogP contribution in [0.5, 0.6) is 5.75 Å². The summed E-state index contributed by atoms with van der Waals surface area (Å²) >= 11 is 0. The number of nitrogens with one attached hydrogen (secondary N) is 1. The van der Waals surface area contributed by atoms with Crippen LogP contribution in [0.15, 0.2) is 94.5 Å². The van der Waals surface area contributed by atoms with E-state index < -0.39 is 12.8 Å². The molecule has 0 amide bonds. The minimum atomic E-state index is -2.90. The van der Waals surface area contributed by atoms with Crippen molar-refractivity contribution in [2.24, 2.45) is 15.2 Å². The summed E-state index contributed by atoms with van der Waals surface area (Å²) in [6.45, 7) is -0.936. The van der Waals surface area contributed by atoms with E-state index in [1.165, 1.54) is 12.1 Å². The second kappa shape index (κ2) is 9.72. The number of aromatic nitrogens is 3.